The summed E-state index contributed by atoms with van der Waals surface area (Å²) in [4.78, 5) is 35.4. The number of amides is 2. The highest BCUT2D eigenvalue weighted by Gasteiger charge is 2.32. The van der Waals surface area contributed by atoms with Gasteiger partial charge < -0.3 is 4.74 Å². The van der Waals surface area contributed by atoms with E-state index in [9.17, 15) is 14.4 Å². The minimum absolute atomic E-state index is 0.133. The highest BCUT2D eigenvalue weighted by molar-refractivity contribution is 6.00. The average molecular weight is 228 g/mol. The van der Waals surface area contributed by atoms with Gasteiger partial charge in [0, 0.05) is 6.54 Å². The lowest BCUT2D eigenvalue weighted by Crippen LogP contribution is -2.57. The van der Waals surface area contributed by atoms with E-state index in [1.165, 1.54) is 7.11 Å². The van der Waals surface area contributed by atoms with Crippen LogP contribution in [-0.4, -0.2) is 48.9 Å². The Kier molecular flexibility index (Phi) is 4.00. The van der Waals surface area contributed by atoms with Crippen LogP contribution in [0.3, 0.4) is 0 Å². The van der Waals surface area contributed by atoms with Gasteiger partial charge in [-0.3, -0.25) is 24.6 Å². The second-order valence-corrected chi connectivity index (χ2v) is 3.94. The molecule has 0 aromatic rings. The zero-order chi connectivity index (χ0) is 12.3. The number of nitrogens with one attached hydrogen (secondary N) is 1. The predicted molar refractivity (Wildman–Crippen MR) is 55.4 cm³/mol. The van der Waals surface area contributed by atoms with Gasteiger partial charge in [0.25, 0.3) is 0 Å². The molecule has 1 aliphatic heterocycles. The van der Waals surface area contributed by atoms with Crippen molar-refractivity contribution >= 4 is 17.8 Å². The second kappa shape index (κ2) is 5.07. The number of imide groups is 1. The topological polar surface area (TPSA) is 75.7 Å². The number of hydrogen-bond donors (Lipinski definition) is 1. The standard InChI is InChI=1S/C10H16N2O4/c1-6(10(15)16-3)4-12-5-8(13)11-9(14)7(12)2/h6-7H,4-5H2,1-3H3,(H,11,13,14). The summed E-state index contributed by atoms with van der Waals surface area (Å²) in [7, 11) is 1.32. The molecule has 0 radical (unpaired) electrons. The van der Waals surface area contributed by atoms with Crippen molar-refractivity contribution < 1.29 is 19.1 Å². The number of carbonyl (C=O) groups excluding carboxylic acids is 3. The quantitative estimate of drug-likeness (QED) is 0.502. The third kappa shape index (κ3) is 2.79. The number of nitrogens with zero attached hydrogens (tertiary/aromatic N) is 1. The molecule has 2 unspecified atom stereocenters. The maximum Gasteiger partial charge on any atom is 0.309 e. The maximum absolute atomic E-state index is 11.3. The van der Waals surface area contributed by atoms with Crippen LogP contribution in [0, 0.1) is 5.92 Å². The van der Waals surface area contributed by atoms with Crippen LogP contribution in [0.1, 0.15) is 13.8 Å². The number of carbonyl (C=O) groups is 3. The van der Waals surface area contributed by atoms with E-state index >= 15 is 0 Å². The van der Waals surface area contributed by atoms with Crippen molar-refractivity contribution in [1.82, 2.24) is 10.2 Å². The number of piperazine rings is 1. The van der Waals surface area contributed by atoms with Crippen molar-refractivity contribution in [3.8, 4) is 0 Å². The molecule has 0 spiro atoms. The van der Waals surface area contributed by atoms with Gasteiger partial charge in [0.05, 0.1) is 25.6 Å². The molecule has 1 fully saturated rings. The highest BCUT2D eigenvalue weighted by Crippen LogP contribution is 2.09. The first kappa shape index (κ1) is 12.6. The highest BCUT2D eigenvalue weighted by atomic mass is 16.5. The minimum Gasteiger partial charge on any atom is -0.469 e. The van der Waals surface area contributed by atoms with Gasteiger partial charge in [-0.1, -0.05) is 6.92 Å². The Balaban J connectivity index is 2.61. The molecule has 2 amide bonds. The third-order valence-corrected chi connectivity index (χ3v) is 2.65. The van der Waals surface area contributed by atoms with Crippen molar-refractivity contribution in [3.63, 3.8) is 0 Å². The lowest BCUT2D eigenvalue weighted by atomic mass is 10.1. The fourth-order valence-corrected chi connectivity index (χ4v) is 1.62. The molecule has 16 heavy (non-hydrogen) atoms. The predicted octanol–water partition coefficient (Wildman–Crippen LogP) is -0.858. The molecule has 0 aromatic heterocycles. The van der Waals surface area contributed by atoms with Crippen molar-refractivity contribution in [2.75, 3.05) is 20.2 Å². The largest absolute Gasteiger partial charge is 0.469 e. The van der Waals surface area contributed by atoms with E-state index in [-0.39, 0.29) is 30.2 Å². The summed E-state index contributed by atoms with van der Waals surface area (Å²) in [5.41, 5.74) is 0. The Morgan fingerprint density at radius 3 is 2.81 bits per heavy atom. The zero-order valence-electron chi connectivity index (χ0n) is 9.65. The molecule has 2 atom stereocenters. The van der Waals surface area contributed by atoms with Crippen LogP contribution in [-0.2, 0) is 19.1 Å². The molecular formula is C10H16N2O4. The molecule has 6 nitrogen and oxygen atoms in total. The second-order valence-electron chi connectivity index (χ2n) is 3.94. The normalized spacial score (nSPS) is 23.8. The Morgan fingerprint density at radius 2 is 2.25 bits per heavy atom. The summed E-state index contributed by atoms with van der Waals surface area (Å²) in [5.74, 6) is -1.36. The van der Waals surface area contributed by atoms with E-state index in [1.54, 1.807) is 18.7 Å². The van der Waals surface area contributed by atoms with E-state index in [2.05, 4.69) is 10.1 Å². The van der Waals surface area contributed by atoms with E-state index in [1.807, 2.05) is 0 Å². The number of methoxy groups -OCH3 is 1. The molecular weight excluding hydrogens is 212 g/mol. The fraction of sp³-hybridized carbons (Fsp3) is 0.700. The zero-order valence-corrected chi connectivity index (χ0v) is 9.65. The van der Waals surface area contributed by atoms with Gasteiger partial charge in [-0.25, -0.2) is 0 Å². The molecule has 90 valence electrons. The molecule has 6 heteroatoms. The van der Waals surface area contributed by atoms with Gasteiger partial charge >= 0.3 is 5.97 Å². The SMILES string of the molecule is COC(=O)C(C)CN1CC(=O)NC(=O)C1C. The van der Waals surface area contributed by atoms with E-state index < -0.39 is 6.04 Å². The molecule has 1 rings (SSSR count). The smallest absolute Gasteiger partial charge is 0.309 e. The first-order chi connectivity index (χ1) is 7.45. The Morgan fingerprint density at radius 1 is 1.62 bits per heavy atom. The molecule has 0 aliphatic carbocycles. The summed E-state index contributed by atoms with van der Waals surface area (Å²) in [5, 5.41) is 2.24. The number of esters is 1. The molecule has 1 saturated heterocycles. The van der Waals surface area contributed by atoms with Crippen LogP contribution in [0.5, 0.6) is 0 Å². The van der Waals surface area contributed by atoms with Gasteiger partial charge in [0.15, 0.2) is 0 Å². The molecule has 1 aliphatic rings. The first-order valence-electron chi connectivity index (χ1n) is 5.11. The number of hydrogen-bond acceptors (Lipinski definition) is 5. The summed E-state index contributed by atoms with van der Waals surface area (Å²) in [6.07, 6.45) is 0. The fourth-order valence-electron chi connectivity index (χ4n) is 1.62. The molecule has 0 saturated carbocycles. The summed E-state index contributed by atoms with van der Waals surface area (Å²) in [6.45, 7) is 3.88. The maximum atomic E-state index is 11.3. The van der Waals surface area contributed by atoms with Crippen molar-refractivity contribution in [3.05, 3.63) is 0 Å². The molecule has 0 bridgehead atoms. The van der Waals surface area contributed by atoms with Gasteiger partial charge in [-0.05, 0) is 6.92 Å². The third-order valence-electron chi connectivity index (χ3n) is 2.65. The lowest BCUT2D eigenvalue weighted by Gasteiger charge is -2.32. The van der Waals surface area contributed by atoms with Crippen LogP contribution in [0.2, 0.25) is 0 Å². The molecule has 1 N–H and O–H groups in total. The molecule has 0 aromatic carbocycles. The van der Waals surface area contributed by atoms with Gasteiger partial charge in [-0.2, -0.15) is 0 Å². The van der Waals surface area contributed by atoms with Crippen LogP contribution in [0.25, 0.3) is 0 Å². The Labute approximate surface area is 93.9 Å². The van der Waals surface area contributed by atoms with Crippen molar-refractivity contribution in [2.24, 2.45) is 5.92 Å². The van der Waals surface area contributed by atoms with Crippen LogP contribution in [0.15, 0.2) is 0 Å². The van der Waals surface area contributed by atoms with Gasteiger partial charge in [0.2, 0.25) is 11.8 Å². The average Bonchev–Trinajstić information content (AvgIpc) is 2.23. The molecule has 1 heterocycles. The van der Waals surface area contributed by atoms with Crippen LogP contribution in [0.4, 0.5) is 0 Å². The lowest BCUT2D eigenvalue weighted by molar-refractivity contribution is -0.148. The van der Waals surface area contributed by atoms with E-state index in [4.69, 9.17) is 0 Å². The number of ether oxygens (including phenoxy) is 1. The Hall–Kier alpha value is -1.43. The van der Waals surface area contributed by atoms with Crippen molar-refractivity contribution in [2.45, 2.75) is 19.9 Å². The monoisotopic (exact) mass is 228 g/mol. The van der Waals surface area contributed by atoms with Gasteiger partial charge in [-0.15, -0.1) is 0 Å². The van der Waals surface area contributed by atoms with Crippen LogP contribution >= 0.6 is 0 Å². The first-order valence-corrected chi connectivity index (χ1v) is 5.11. The Bertz CT molecular complexity index is 316. The van der Waals surface area contributed by atoms with Crippen molar-refractivity contribution in [1.29, 1.82) is 0 Å². The summed E-state index contributed by atoms with van der Waals surface area (Å²) in [6, 6.07) is -0.398. The minimum atomic E-state index is -0.398. The summed E-state index contributed by atoms with van der Waals surface area (Å²) >= 11 is 0. The number of rotatable bonds is 3. The summed E-state index contributed by atoms with van der Waals surface area (Å²) < 4.78 is 4.59. The van der Waals surface area contributed by atoms with E-state index in [0.29, 0.717) is 6.54 Å². The van der Waals surface area contributed by atoms with E-state index in [0.717, 1.165) is 0 Å². The van der Waals surface area contributed by atoms with Gasteiger partial charge in [0.1, 0.15) is 0 Å². The van der Waals surface area contributed by atoms with Crippen LogP contribution < -0.4 is 5.32 Å².